The summed E-state index contributed by atoms with van der Waals surface area (Å²) in [4.78, 5) is 73.6. The molecule has 1 N–H and O–H groups in total. The van der Waals surface area contributed by atoms with Gasteiger partial charge in [-0.1, -0.05) is 12.2 Å². The number of hydrogen-bond donors (Lipinski definition) is 1. The Kier molecular flexibility index (Phi) is 13.2. The maximum absolute atomic E-state index is 13.5. The van der Waals surface area contributed by atoms with Crippen molar-refractivity contribution in [3.05, 3.63) is 12.2 Å². The fourth-order valence-corrected chi connectivity index (χ4v) is 12.5. The number of cyclic esters (lactones) is 1. The van der Waals surface area contributed by atoms with Crippen molar-refractivity contribution in [1.29, 1.82) is 0 Å². The van der Waals surface area contributed by atoms with Crippen molar-refractivity contribution < 1.29 is 55.7 Å². The summed E-state index contributed by atoms with van der Waals surface area (Å²) in [6, 6.07) is 0. The molecular formula is C51H80O11+2. The van der Waals surface area contributed by atoms with Gasteiger partial charge in [0.05, 0.1) is 34.7 Å². The minimum Gasteiger partial charge on any atom is -0.481 e. The van der Waals surface area contributed by atoms with Gasteiger partial charge in [0.1, 0.15) is 22.6 Å². The smallest absolute Gasteiger partial charge is 0.481 e. The lowest BCUT2D eigenvalue weighted by Crippen LogP contribution is -2.60. The molecule has 1 saturated heterocycles. The number of rotatable bonds is 9. The zero-order valence-electron chi connectivity index (χ0n) is 41.9. The highest BCUT2D eigenvalue weighted by molar-refractivity contribution is 5.88. The second-order valence-electron chi connectivity index (χ2n) is 23.9. The summed E-state index contributed by atoms with van der Waals surface area (Å²) in [7, 11) is 0. The Morgan fingerprint density at radius 3 is 1.31 bits per heavy atom. The third kappa shape index (κ3) is 9.03. The van der Waals surface area contributed by atoms with Crippen LogP contribution < -0.4 is 0 Å². The van der Waals surface area contributed by atoms with Gasteiger partial charge >= 0.3 is 32.7 Å². The third-order valence-corrected chi connectivity index (χ3v) is 18.5. The number of ether oxygens (including phenoxy) is 4. The van der Waals surface area contributed by atoms with Gasteiger partial charge in [0.25, 0.3) is 0 Å². The largest absolute Gasteiger partial charge is 1.00 e. The average Bonchev–Trinajstić information content (AvgIpc) is 3.15. The van der Waals surface area contributed by atoms with Crippen molar-refractivity contribution in [2.75, 3.05) is 6.61 Å². The molecule has 11 nitrogen and oxygen atoms in total. The Balaban J connectivity index is 0.000000239. The van der Waals surface area contributed by atoms with Crippen LogP contribution in [0.25, 0.3) is 0 Å². The van der Waals surface area contributed by atoms with Gasteiger partial charge in [-0.2, -0.15) is 0 Å². The predicted octanol–water partition coefficient (Wildman–Crippen LogP) is 10.2. The number of carboxylic acid groups (broad SMARTS) is 1. The standard InChI is InChI=1S/C25H38O6.C19H30O4.C7H10O/c1-22(2,20(27)30-24(5)7-8-29-19(26)14-24)23(3,4)21(28)31-25(6)17-10-15-9-16(12-17)13-18(25)11-15;1-17(2,15(20)21)18(3,4)16(22)23-19(5)13-7-11-6-12(9-13)10-14(19)8-11;1-6-3-2-4-7(8)5-6/h15-18H,7-14H2,1-6H3;11-14H,6-10H2,1-5H3,(H,20,21);1-5H2/p+2. The first kappa shape index (κ1) is 48.2. The van der Waals surface area contributed by atoms with Gasteiger partial charge < -0.3 is 24.1 Å². The molecule has 1 heterocycles. The maximum Gasteiger partial charge on any atom is 1.00 e. The van der Waals surface area contributed by atoms with Gasteiger partial charge in [0.2, 0.25) is 0 Å². The van der Waals surface area contributed by atoms with E-state index in [4.69, 9.17) is 18.9 Å². The summed E-state index contributed by atoms with van der Waals surface area (Å²) in [5.74, 6) is 2.80. The minimum atomic E-state index is -1.16. The van der Waals surface area contributed by atoms with E-state index in [1.54, 1.807) is 62.3 Å². The van der Waals surface area contributed by atoms with Crippen LogP contribution in [-0.2, 0) is 47.7 Å². The molecule has 1 atom stereocenters. The fourth-order valence-electron chi connectivity index (χ4n) is 12.5. The molecule has 0 aromatic carbocycles. The lowest BCUT2D eigenvalue weighted by Gasteiger charge is -2.59. The summed E-state index contributed by atoms with van der Waals surface area (Å²) >= 11 is 0. The van der Waals surface area contributed by atoms with Crippen LogP contribution in [0.4, 0.5) is 0 Å². The van der Waals surface area contributed by atoms with E-state index < -0.39 is 50.4 Å². The summed E-state index contributed by atoms with van der Waals surface area (Å²) in [5, 5.41) is 9.49. The van der Waals surface area contributed by atoms with Gasteiger partial charge in [-0.25, -0.2) is 0 Å². The second kappa shape index (κ2) is 17.0. The van der Waals surface area contributed by atoms with E-state index in [0.717, 1.165) is 74.2 Å². The second-order valence-corrected chi connectivity index (χ2v) is 23.9. The first-order valence-corrected chi connectivity index (χ1v) is 23.8. The summed E-state index contributed by atoms with van der Waals surface area (Å²) in [5.41, 5.74) is -5.05. The molecule has 8 bridgehead atoms. The van der Waals surface area contributed by atoms with Gasteiger partial charge in [-0.15, -0.1) is 0 Å². The number of ketones is 1. The SMILES string of the molecule is C=C1CCCC(=O)C1.CC1(OC(=O)C(C)(C)C(C)(C)C(=O)O)C2CC3CC(C2)CC1C3.CC1(OC(=O)C(C)(C)C(C)(C)C(=O)OC2(C)C3CC4CC(C3)CC2C4)CCOC(=O)C1.[H+].[H+]. The molecule has 10 fully saturated rings. The normalized spacial score (nSPS) is 37.2. The monoisotopic (exact) mass is 869 g/mol. The molecule has 10 aliphatic rings. The number of carbonyl (C=O) groups excluding carboxylic acids is 5. The zero-order chi connectivity index (χ0) is 46.0. The molecule has 62 heavy (non-hydrogen) atoms. The molecule has 348 valence electrons. The highest BCUT2D eigenvalue weighted by Gasteiger charge is 2.61. The Morgan fingerprint density at radius 1 is 0.613 bits per heavy atom. The average molecular weight is 869 g/mol. The van der Waals surface area contributed by atoms with Crippen LogP contribution in [0.3, 0.4) is 0 Å². The molecular weight excluding hydrogens is 789 g/mol. The van der Waals surface area contributed by atoms with Crippen molar-refractivity contribution in [2.45, 2.75) is 196 Å². The van der Waals surface area contributed by atoms with E-state index in [0.29, 0.717) is 42.3 Å². The number of hydrogen-bond acceptors (Lipinski definition) is 10. The van der Waals surface area contributed by atoms with E-state index in [1.165, 1.54) is 38.5 Å². The highest BCUT2D eigenvalue weighted by Crippen LogP contribution is 2.61. The number of carbonyl (C=O) groups is 6. The first-order valence-electron chi connectivity index (χ1n) is 23.8. The molecule has 0 spiro atoms. The molecule has 11 heteroatoms. The van der Waals surface area contributed by atoms with Crippen molar-refractivity contribution in [2.24, 2.45) is 69.0 Å². The van der Waals surface area contributed by atoms with Crippen LogP contribution in [0, 0.1) is 69.0 Å². The number of Topliss-reactive ketones (excluding diaryl/α,β-unsaturated/α-hetero) is 1. The molecule has 9 aliphatic carbocycles. The van der Waals surface area contributed by atoms with E-state index in [-0.39, 0.29) is 33.8 Å². The molecule has 1 unspecified atom stereocenters. The minimum absolute atomic E-state index is 0. The molecule has 0 radical (unpaired) electrons. The molecule has 0 aromatic heterocycles. The van der Waals surface area contributed by atoms with Crippen molar-refractivity contribution in [1.82, 2.24) is 0 Å². The van der Waals surface area contributed by atoms with Crippen LogP contribution in [0.2, 0.25) is 0 Å². The van der Waals surface area contributed by atoms with E-state index in [2.05, 4.69) is 20.4 Å². The Labute approximate surface area is 373 Å². The molecule has 1 aliphatic heterocycles. The van der Waals surface area contributed by atoms with Crippen LogP contribution in [0.5, 0.6) is 0 Å². The van der Waals surface area contributed by atoms with E-state index >= 15 is 0 Å². The first-order chi connectivity index (χ1) is 28.5. The predicted molar refractivity (Wildman–Crippen MR) is 235 cm³/mol. The topological polar surface area (TPSA) is 160 Å². The maximum atomic E-state index is 13.5. The van der Waals surface area contributed by atoms with Crippen LogP contribution in [0.15, 0.2) is 12.2 Å². The van der Waals surface area contributed by atoms with E-state index in [9.17, 15) is 33.9 Å². The Hall–Kier alpha value is -3.24. The van der Waals surface area contributed by atoms with Crippen LogP contribution in [-0.4, -0.2) is 64.1 Å². The van der Waals surface area contributed by atoms with E-state index in [1.807, 2.05) is 0 Å². The van der Waals surface area contributed by atoms with Gasteiger partial charge in [0, 0.05) is 19.3 Å². The van der Waals surface area contributed by atoms with Crippen LogP contribution in [0.1, 0.15) is 182 Å². The third-order valence-electron chi connectivity index (χ3n) is 18.5. The molecule has 0 aromatic rings. The number of allylic oxidation sites excluding steroid dienone is 1. The van der Waals surface area contributed by atoms with Gasteiger partial charge in [0.15, 0.2) is 0 Å². The van der Waals surface area contributed by atoms with Crippen molar-refractivity contribution in [3.63, 3.8) is 0 Å². The molecule has 10 rings (SSSR count). The number of aliphatic carboxylic acids is 1. The molecule has 9 saturated carbocycles. The zero-order valence-corrected chi connectivity index (χ0v) is 39.9. The summed E-state index contributed by atoms with van der Waals surface area (Å²) in [6.45, 7) is 23.6. The van der Waals surface area contributed by atoms with Crippen LogP contribution >= 0.6 is 0 Å². The lowest BCUT2D eigenvalue weighted by atomic mass is 9.50. The lowest BCUT2D eigenvalue weighted by molar-refractivity contribution is -0.220. The highest BCUT2D eigenvalue weighted by atomic mass is 16.6. The summed E-state index contributed by atoms with van der Waals surface area (Å²) in [6.07, 6.45) is 15.9. The Morgan fingerprint density at radius 2 is 0.984 bits per heavy atom. The van der Waals surface area contributed by atoms with Gasteiger partial charge in [-0.05, 0) is 201 Å². The number of esters is 4. The summed E-state index contributed by atoms with van der Waals surface area (Å²) < 4.78 is 23.2. The number of carboxylic acids is 1. The van der Waals surface area contributed by atoms with Gasteiger partial charge in [-0.3, -0.25) is 28.8 Å². The molecule has 0 amide bonds. The Bertz CT molecular complexity index is 1740. The van der Waals surface area contributed by atoms with Crippen molar-refractivity contribution >= 4 is 35.6 Å². The fraction of sp³-hybridized carbons (Fsp3) is 0.843. The van der Waals surface area contributed by atoms with Crippen molar-refractivity contribution in [3.8, 4) is 0 Å². The quantitative estimate of drug-likeness (QED) is 0.133.